The standard InChI is InChI=1S/C22H35N3O2/c1-2-3-6-17-27-21-9-7-20(8-10-21)18-23-13-15-24(16-14-23)19-22(26)25-11-4-5-12-25/h7-10H,2-6,11-19H2,1H3. The molecule has 1 amide bonds. The van der Waals surface area contributed by atoms with Gasteiger partial charge >= 0.3 is 0 Å². The highest BCUT2D eigenvalue weighted by molar-refractivity contribution is 5.78. The van der Waals surface area contributed by atoms with Gasteiger partial charge in [-0.15, -0.1) is 0 Å². The summed E-state index contributed by atoms with van der Waals surface area (Å²) in [6.07, 6.45) is 5.92. The maximum Gasteiger partial charge on any atom is 0.236 e. The van der Waals surface area contributed by atoms with Crippen molar-refractivity contribution in [3.63, 3.8) is 0 Å². The molecule has 0 aliphatic carbocycles. The number of hydrogen-bond donors (Lipinski definition) is 0. The van der Waals surface area contributed by atoms with Crippen molar-refractivity contribution in [1.82, 2.24) is 14.7 Å². The van der Waals surface area contributed by atoms with Crippen molar-refractivity contribution in [2.45, 2.75) is 45.6 Å². The van der Waals surface area contributed by atoms with Crippen molar-refractivity contribution in [3.05, 3.63) is 29.8 Å². The van der Waals surface area contributed by atoms with E-state index in [9.17, 15) is 4.79 Å². The van der Waals surface area contributed by atoms with Crippen molar-refractivity contribution in [3.8, 4) is 5.75 Å². The smallest absolute Gasteiger partial charge is 0.236 e. The minimum Gasteiger partial charge on any atom is -0.494 e. The number of rotatable bonds is 9. The first kappa shape index (κ1) is 20.2. The van der Waals surface area contributed by atoms with Gasteiger partial charge in [-0.3, -0.25) is 14.6 Å². The van der Waals surface area contributed by atoms with Crippen LogP contribution in [0.15, 0.2) is 24.3 Å². The molecule has 5 nitrogen and oxygen atoms in total. The summed E-state index contributed by atoms with van der Waals surface area (Å²) >= 11 is 0. The molecular weight excluding hydrogens is 338 g/mol. The molecule has 2 aliphatic heterocycles. The lowest BCUT2D eigenvalue weighted by Gasteiger charge is -2.35. The highest BCUT2D eigenvalue weighted by Crippen LogP contribution is 2.16. The number of hydrogen-bond acceptors (Lipinski definition) is 4. The Morgan fingerprint density at radius 3 is 2.26 bits per heavy atom. The lowest BCUT2D eigenvalue weighted by atomic mass is 10.2. The molecule has 27 heavy (non-hydrogen) atoms. The lowest BCUT2D eigenvalue weighted by Crippen LogP contribution is -2.49. The van der Waals surface area contributed by atoms with Gasteiger partial charge in [-0.1, -0.05) is 31.9 Å². The van der Waals surface area contributed by atoms with Crippen LogP contribution in [0.4, 0.5) is 0 Å². The Balaban J connectivity index is 1.35. The Kier molecular flexibility index (Phi) is 7.96. The van der Waals surface area contributed by atoms with E-state index in [-0.39, 0.29) is 0 Å². The molecule has 0 radical (unpaired) electrons. The third-order valence-electron chi connectivity index (χ3n) is 5.63. The molecule has 0 spiro atoms. The van der Waals surface area contributed by atoms with E-state index in [1.165, 1.54) is 31.2 Å². The molecule has 2 aliphatic rings. The molecule has 1 aromatic rings. The molecule has 3 rings (SSSR count). The second-order valence-electron chi connectivity index (χ2n) is 7.84. The first-order valence-electron chi connectivity index (χ1n) is 10.7. The largest absolute Gasteiger partial charge is 0.494 e. The van der Waals surface area contributed by atoms with Crippen LogP contribution in [-0.2, 0) is 11.3 Å². The van der Waals surface area contributed by atoms with Crippen LogP contribution in [0.2, 0.25) is 0 Å². The van der Waals surface area contributed by atoms with Gasteiger partial charge in [0.2, 0.25) is 5.91 Å². The molecule has 2 saturated heterocycles. The first-order chi connectivity index (χ1) is 13.2. The molecule has 1 aromatic carbocycles. The normalized spacial score (nSPS) is 18.8. The number of nitrogens with zero attached hydrogens (tertiary/aromatic N) is 3. The van der Waals surface area contributed by atoms with Gasteiger partial charge in [-0.05, 0) is 37.0 Å². The monoisotopic (exact) mass is 373 g/mol. The number of benzene rings is 1. The summed E-state index contributed by atoms with van der Waals surface area (Å²) < 4.78 is 5.79. The molecule has 150 valence electrons. The second-order valence-corrected chi connectivity index (χ2v) is 7.84. The summed E-state index contributed by atoms with van der Waals surface area (Å²) in [5, 5.41) is 0. The van der Waals surface area contributed by atoms with Gasteiger partial charge in [-0.25, -0.2) is 0 Å². The fraction of sp³-hybridized carbons (Fsp3) is 0.682. The zero-order valence-corrected chi connectivity index (χ0v) is 16.9. The topological polar surface area (TPSA) is 36.0 Å². The second kappa shape index (κ2) is 10.7. The lowest BCUT2D eigenvalue weighted by molar-refractivity contribution is -0.131. The Morgan fingerprint density at radius 2 is 1.59 bits per heavy atom. The van der Waals surface area contributed by atoms with Gasteiger partial charge in [-0.2, -0.15) is 0 Å². The van der Waals surface area contributed by atoms with E-state index in [2.05, 4.69) is 41.0 Å². The van der Waals surface area contributed by atoms with Crippen LogP contribution in [0.25, 0.3) is 0 Å². The van der Waals surface area contributed by atoms with Crippen molar-refractivity contribution in [2.75, 3.05) is 52.4 Å². The number of carbonyl (C=O) groups is 1. The highest BCUT2D eigenvalue weighted by atomic mass is 16.5. The quantitative estimate of drug-likeness (QED) is 0.624. The number of piperazine rings is 1. The van der Waals surface area contributed by atoms with Crippen molar-refractivity contribution < 1.29 is 9.53 Å². The summed E-state index contributed by atoms with van der Waals surface area (Å²) in [5.74, 6) is 1.29. The molecule has 2 heterocycles. The molecule has 5 heteroatoms. The molecule has 0 saturated carbocycles. The Bertz CT molecular complexity index is 561. The van der Waals surface area contributed by atoms with Crippen LogP contribution in [0.3, 0.4) is 0 Å². The van der Waals surface area contributed by atoms with E-state index >= 15 is 0 Å². The predicted octanol–water partition coefficient (Wildman–Crippen LogP) is 3.00. The third kappa shape index (κ3) is 6.51. The number of likely N-dealkylation sites (tertiary alicyclic amines) is 1. The van der Waals surface area contributed by atoms with Gasteiger partial charge in [0, 0.05) is 45.8 Å². The summed E-state index contributed by atoms with van der Waals surface area (Å²) in [7, 11) is 0. The summed E-state index contributed by atoms with van der Waals surface area (Å²) in [6.45, 7) is 10.5. The third-order valence-corrected chi connectivity index (χ3v) is 5.63. The van der Waals surface area contributed by atoms with Gasteiger partial charge in [0.1, 0.15) is 5.75 Å². The van der Waals surface area contributed by atoms with E-state index in [0.29, 0.717) is 12.5 Å². The van der Waals surface area contributed by atoms with E-state index in [4.69, 9.17) is 4.74 Å². The fourth-order valence-corrected chi connectivity index (χ4v) is 3.85. The van der Waals surface area contributed by atoms with E-state index in [1.54, 1.807) is 0 Å². The maximum atomic E-state index is 12.3. The van der Waals surface area contributed by atoms with Crippen LogP contribution in [0, 0.1) is 0 Å². The average molecular weight is 374 g/mol. The Labute approximate surface area is 164 Å². The summed E-state index contributed by atoms with van der Waals surface area (Å²) in [6, 6.07) is 8.54. The molecule has 0 N–H and O–H groups in total. The maximum absolute atomic E-state index is 12.3. The van der Waals surface area contributed by atoms with Crippen LogP contribution < -0.4 is 4.74 Å². The first-order valence-corrected chi connectivity index (χ1v) is 10.7. The molecule has 0 unspecified atom stereocenters. The number of amides is 1. The average Bonchev–Trinajstić information content (AvgIpc) is 3.23. The van der Waals surface area contributed by atoms with E-state index < -0.39 is 0 Å². The van der Waals surface area contributed by atoms with Crippen molar-refractivity contribution in [2.24, 2.45) is 0 Å². The summed E-state index contributed by atoms with van der Waals surface area (Å²) in [5.41, 5.74) is 1.33. The van der Waals surface area contributed by atoms with Crippen LogP contribution in [0.5, 0.6) is 5.75 Å². The van der Waals surface area contributed by atoms with Crippen molar-refractivity contribution in [1.29, 1.82) is 0 Å². The van der Waals surface area contributed by atoms with Crippen LogP contribution >= 0.6 is 0 Å². The van der Waals surface area contributed by atoms with E-state index in [0.717, 1.165) is 64.6 Å². The molecule has 0 atom stereocenters. The van der Waals surface area contributed by atoms with Crippen molar-refractivity contribution >= 4 is 5.91 Å². The van der Waals surface area contributed by atoms with Crippen LogP contribution in [0.1, 0.15) is 44.6 Å². The van der Waals surface area contributed by atoms with Gasteiger partial charge < -0.3 is 9.64 Å². The SMILES string of the molecule is CCCCCOc1ccc(CN2CCN(CC(=O)N3CCCC3)CC2)cc1. The highest BCUT2D eigenvalue weighted by Gasteiger charge is 2.23. The number of ether oxygens (including phenoxy) is 1. The van der Waals surface area contributed by atoms with Gasteiger partial charge in [0.05, 0.1) is 13.2 Å². The Hall–Kier alpha value is -1.59. The van der Waals surface area contributed by atoms with Crippen LogP contribution in [-0.4, -0.2) is 73.0 Å². The predicted molar refractivity (Wildman–Crippen MR) is 109 cm³/mol. The minimum atomic E-state index is 0.315. The molecular formula is C22H35N3O2. The molecule has 2 fully saturated rings. The molecule has 0 bridgehead atoms. The fourth-order valence-electron chi connectivity index (χ4n) is 3.85. The zero-order chi connectivity index (χ0) is 18.9. The summed E-state index contributed by atoms with van der Waals surface area (Å²) in [4.78, 5) is 19.1. The number of carbonyl (C=O) groups excluding carboxylic acids is 1. The minimum absolute atomic E-state index is 0.315. The van der Waals surface area contributed by atoms with E-state index in [1.807, 2.05) is 4.90 Å². The van der Waals surface area contributed by atoms with Gasteiger partial charge in [0.15, 0.2) is 0 Å². The number of unbranched alkanes of at least 4 members (excludes halogenated alkanes) is 2. The van der Waals surface area contributed by atoms with Gasteiger partial charge in [0.25, 0.3) is 0 Å². The zero-order valence-electron chi connectivity index (χ0n) is 16.9. The Morgan fingerprint density at radius 1 is 0.926 bits per heavy atom. The molecule has 0 aromatic heterocycles.